The Labute approximate surface area is 191 Å². The summed E-state index contributed by atoms with van der Waals surface area (Å²) in [5.74, 6) is 0.706. The fourth-order valence-electron chi connectivity index (χ4n) is 4.84. The summed E-state index contributed by atoms with van der Waals surface area (Å²) in [6.45, 7) is 8.03. The van der Waals surface area contributed by atoms with Crippen LogP contribution in [0.1, 0.15) is 78.6 Å². The first kappa shape index (κ1) is 27.2. The molecule has 0 aromatic rings. The number of likely N-dealkylation sites (tertiary alicyclic amines) is 1. The van der Waals surface area contributed by atoms with Crippen molar-refractivity contribution in [2.24, 2.45) is 5.41 Å². The van der Waals surface area contributed by atoms with E-state index in [9.17, 15) is 24.6 Å². The Hall–Kier alpha value is -0.0900. The highest BCUT2D eigenvalue weighted by Crippen LogP contribution is 2.27. The first-order valence-electron chi connectivity index (χ1n) is 12.2. The van der Waals surface area contributed by atoms with Crippen LogP contribution in [0.4, 0.5) is 0 Å². The molecular weight excluding hydrogens is 416 g/mol. The molecule has 2 fully saturated rings. The number of hydrogen-bond acceptors (Lipinski definition) is 6. The maximum absolute atomic E-state index is 13.1. The number of rotatable bonds is 11. The Morgan fingerprint density at radius 3 is 2.23 bits per heavy atom. The third-order valence-electron chi connectivity index (χ3n) is 6.59. The highest BCUT2D eigenvalue weighted by Gasteiger charge is 2.40. The van der Waals surface area contributed by atoms with E-state index in [0.29, 0.717) is 18.3 Å². The topological polar surface area (TPSA) is 104 Å². The number of aliphatic hydroxyl groups excluding tert-OH is 4. The average Bonchev–Trinajstić information content (AvgIpc) is 2.71. The van der Waals surface area contributed by atoms with Gasteiger partial charge in [-0.15, -0.1) is 0 Å². The molecule has 0 aromatic heterocycles. The molecule has 0 spiro atoms. The van der Waals surface area contributed by atoms with Crippen LogP contribution < -0.4 is 0 Å². The van der Waals surface area contributed by atoms with Gasteiger partial charge in [0.15, 0.2) is 0 Å². The summed E-state index contributed by atoms with van der Waals surface area (Å²) in [4.78, 5) is 1.88. The van der Waals surface area contributed by atoms with Gasteiger partial charge in [-0.1, -0.05) is 52.9 Å². The van der Waals surface area contributed by atoms with E-state index < -0.39 is 35.3 Å². The Kier molecular flexibility index (Phi) is 11.4. The van der Waals surface area contributed by atoms with E-state index in [1.807, 2.05) is 4.90 Å². The predicted molar refractivity (Wildman–Crippen MR) is 125 cm³/mol. The highest BCUT2D eigenvalue weighted by atomic mass is 32.2. The Morgan fingerprint density at radius 1 is 0.968 bits per heavy atom. The van der Waals surface area contributed by atoms with E-state index in [0.717, 1.165) is 45.1 Å². The van der Waals surface area contributed by atoms with Gasteiger partial charge in [-0.25, -0.2) is 8.51 Å². The van der Waals surface area contributed by atoms with Crippen LogP contribution in [0.2, 0.25) is 0 Å². The van der Waals surface area contributed by atoms with E-state index in [-0.39, 0.29) is 18.6 Å². The molecule has 31 heavy (non-hydrogen) atoms. The number of nitrogens with zero attached hydrogens (tertiary/aromatic N) is 2. The standard InChI is InChI=1S/C23H46N2O5S/c1-23(2,3)17-31(30)25(18-11-7-6-8-12-18)14-10-5-4-9-13-24-15-20(27)22(29)21(28)19(24)16-26/h18-22,26-29H,4-17H2,1-3H3/t19-,20+,21-,22-,31?/m1/s1. The van der Waals surface area contributed by atoms with Crippen molar-refractivity contribution in [3.63, 3.8) is 0 Å². The number of β-amino-alcohol motifs (C(OH)–C–C–N with tert-alkyl or cyclic N) is 1. The Balaban J connectivity index is 1.76. The lowest BCUT2D eigenvalue weighted by Gasteiger charge is -2.43. The zero-order valence-corrected chi connectivity index (χ0v) is 20.6. The quantitative estimate of drug-likeness (QED) is 0.348. The van der Waals surface area contributed by atoms with Crippen molar-refractivity contribution in [2.75, 3.05) is 32.0 Å². The van der Waals surface area contributed by atoms with Gasteiger partial charge in [0.2, 0.25) is 0 Å². The normalized spacial score (nSPS) is 30.1. The van der Waals surface area contributed by atoms with Crippen molar-refractivity contribution >= 4 is 11.0 Å². The van der Waals surface area contributed by atoms with Gasteiger partial charge in [0.25, 0.3) is 0 Å². The first-order valence-corrected chi connectivity index (χ1v) is 13.5. The maximum atomic E-state index is 13.1. The smallest absolute Gasteiger partial charge is 0.109 e. The third kappa shape index (κ3) is 8.65. The Morgan fingerprint density at radius 2 is 1.61 bits per heavy atom. The summed E-state index contributed by atoms with van der Waals surface area (Å²) in [7, 11) is -0.935. The van der Waals surface area contributed by atoms with Gasteiger partial charge in [0, 0.05) is 24.9 Å². The molecule has 1 saturated heterocycles. The molecule has 0 amide bonds. The molecule has 1 saturated carbocycles. The summed E-state index contributed by atoms with van der Waals surface area (Å²) in [6.07, 6.45) is 6.73. The second kappa shape index (κ2) is 13.0. The number of piperidine rings is 1. The number of aliphatic hydroxyl groups is 4. The van der Waals surface area contributed by atoms with Crippen molar-refractivity contribution in [1.29, 1.82) is 0 Å². The van der Waals surface area contributed by atoms with Crippen molar-refractivity contribution in [3.05, 3.63) is 0 Å². The average molecular weight is 463 g/mol. The van der Waals surface area contributed by atoms with E-state index in [2.05, 4.69) is 25.1 Å². The molecule has 8 heteroatoms. The molecule has 1 aliphatic carbocycles. The first-order chi connectivity index (χ1) is 14.6. The van der Waals surface area contributed by atoms with Gasteiger partial charge < -0.3 is 20.4 Å². The molecule has 5 atom stereocenters. The van der Waals surface area contributed by atoms with Gasteiger partial charge in [0.05, 0.1) is 29.7 Å². The van der Waals surface area contributed by atoms with Crippen LogP contribution in [0.5, 0.6) is 0 Å². The van der Waals surface area contributed by atoms with Crippen LogP contribution in [0.3, 0.4) is 0 Å². The molecule has 2 rings (SSSR count). The zero-order valence-electron chi connectivity index (χ0n) is 19.8. The summed E-state index contributed by atoms with van der Waals surface area (Å²) in [5.41, 5.74) is 0.0537. The van der Waals surface area contributed by atoms with Crippen molar-refractivity contribution in [1.82, 2.24) is 9.21 Å². The van der Waals surface area contributed by atoms with Gasteiger partial charge in [-0.3, -0.25) is 4.90 Å². The molecule has 0 aromatic carbocycles. The van der Waals surface area contributed by atoms with Crippen LogP contribution in [0.15, 0.2) is 0 Å². The maximum Gasteiger partial charge on any atom is 0.109 e. The second-order valence-corrected chi connectivity index (χ2v) is 12.1. The summed E-state index contributed by atoms with van der Waals surface area (Å²) in [5, 5.41) is 39.4. The van der Waals surface area contributed by atoms with Crippen LogP contribution in [0, 0.1) is 5.41 Å². The van der Waals surface area contributed by atoms with Crippen molar-refractivity contribution < 1.29 is 24.6 Å². The lowest BCUT2D eigenvalue weighted by atomic mass is 9.94. The van der Waals surface area contributed by atoms with E-state index >= 15 is 0 Å². The summed E-state index contributed by atoms with van der Waals surface area (Å²) in [6, 6.07) is -0.0787. The lowest BCUT2D eigenvalue weighted by molar-refractivity contribution is -0.145. The molecule has 1 unspecified atom stereocenters. The molecule has 4 N–H and O–H groups in total. The highest BCUT2D eigenvalue weighted by molar-refractivity contribution is 7.82. The molecule has 0 radical (unpaired) electrons. The van der Waals surface area contributed by atoms with Crippen LogP contribution in [0.25, 0.3) is 0 Å². The SMILES string of the molecule is CC(C)(C)CS(=O)N(CCCCCCN1C[C@H](O)[C@@H](O)[C@H](O)[C@H]1CO)C1CCCCC1. The molecule has 2 aliphatic rings. The van der Waals surface area contributed by atoms with Gasteiger partial charge in [-0.2, -0.15) is 0 Å². The zero-order chi connectivity index (χ0) is 23.0. The van der Waals surface area contributed by atoms with Crippen LogP contribution in [-0.2, 0) is 11.0 Å². The predicted octanol–water partition coefficient (Wildman–Crippen LogP) is 1.65. The van der Waals surface area contributed by atoms with E-state index in [1.54, 1.807) is 0 Å². The van der Waals surface area contributed by atoms with Gasteiger partial charge in [-0.05, 0) is 37.6 Å². The third-order valence-corrected chi connectivity index (χ3v) is 8.71. The summed E-state index contributed by atoms with van der Waals surface area (Å²) >= 11 is 0. The molecule has 1 aliphatic heterocycles. The van der Waals surface area contributed by atoms with Gasteiger partial charge in [0.1, 0.15) is 12.2 Å². The minimum atomic E-state index is -1.20. The molecular formula is C23H46N2O5S. The van der Waals surface area contributed by atoms with E-state index in [4.69, 9.17) is 0 Å². The van der Waals surface area contributed by atoms with E-state index in [1.165, 1.54) is 19.3 Å². The fraction of sp³-hybridized carbons (Fsp3) is 1.00. The molecule has 184 valence electrons. The molecule has 0 bridgehead atoms. The van der Waals surface area contributed by atoms with Crippen LogP contribution in [-0.4, -0.2) is 96.2 Å². The largest absolute Gasteiger partial charge is 0.395 e. The van der Waals surface area contributed by atoms with Crippen LogP contribution >= 0.6 is 0 Å². The lowest BCUT2D eigenvalue weighted by Crippen LogP contribution is -2.62. The summed E-state index contributed by atoms with van der Waals surface area (Å²) < 4.78 is 15.3. The Bertz CT molecular complexity index is 539. The number of hydrogen-bond donors (Lipinski definition) is 4. The monoisotopic (exact) mass is 462 g/mol. The molecule has 7 nitrogen and oxygen atoms in total. The van der Waals surface area contributed by atoms with Gasteiger partial charge >= 0.3 is 0 Å². The minimum absolute atomic E-state index is 0.0537. The molecule has 1 heterocycles. The fourth-order valence-corrected chi connectivity index (χ4v) is 6.63. The number of unbranched alkanes of at least 4 members (excludes halogenated alkanes) is 3. The van der Waals surface area contributed by atoms with Crippen molar-refractivity contribution in [3.8, 4) is 0 Å². The second-order valence-electron chi connectivity index (χ2n) is 10.7. The minimum Gasteiger partial charge on any atom is -0.395 e. The van der Waals surface area contributed by atoms with Crippen molar-refractivity contribution in [2.45, 2.75) is 109 Å².